The Morgan fingerprint density at radius 1 is 2.00 bits per heavy atom. The molecule has 0 aliphatic carbocycles. The van der Waals surface area contributed by atoms with E-state index in [2.05, 4.69) is 6.58 Å². The summed E-state index contributed by atoms with van der Waals surface area (Å²) < 4.78 is 0. The van der Waals surface area contributed by atoms with Crippen molar-refractivity contribution in [1.29, 1.82) is 5.26 Å². The van der Waals surface area contributed by atoms with Crippen LogP contribution in [-0.2, 0) is 0 Å². The quantitative estimate of drug-likeness (QED) is 0.298. The van der Waals surface area contributed by atoms with E-state index in [9.17, 15) is 0 Å². The number of hydrogen-bond acceptors (Lipinski definition) is 1. The summed E-state index contributed by atoms with van der Waals surface area (Å²) in [6.07, 6.45) is 1.18. The van der Waals surface area contributed by atoms with E-state index in [1.54, 1.807) is 6.07 Å². The Morgan fingerprint density at radius 3 is 2.20 bits per heavy atom. The van der Waals surface area contributed by atoms with Gasteiger partial charge in [-0.05, 0) is 0 Å². The van der Waals surface area contributed by atoms with Crippen LogP contribution >= 0.6 is 0 Å². The van der Waals surface area contributed by atoms with Gasteiger partial charge in [0.2, 0.25) is 0 Å². The minimum atomic E-state index is 0. The number of hydrogen-bond donors (Lipinski definition) is 0. The molecule has 24 valence electrons. The van der Waals surface area contributed by atoms with Crippen LogP contribution in [0.2, 0.25) is 0 Å². The Kier molecular flexibility index (Phi) is 17.7. The van der Waals surface area contributed by atoms with Crippen molar-refractivity contribution in [2.75, 3.05) is 0 Å². The molecule has 0 aliphatic heterocycles. The topological polar surface area (TPSA) is 23.8 Å². The summed E-state index contributed by atoms with van der Waals surface area (Å²) in [7, 11) is 0. The molecule has 0 atom stereocenters. The largest absolute Gasteiger partial charge is 2.00 e. The summed E-state index contributed by atoms with van der Waals surface area (Å²) in [5.41, 5.74) is 0. The van der Waals surface area contributed by atoms with E-state index < -0.39 is 0 Å². The first-order chi connectivity index (χ1) is 1.91. The molecule has 0 amide bonds. The third kappa shape index (κ3) is 41.8. The van der Waals surface area contributed by atoms with Gasteiger partial charge in [-0.15, -0.1) is 0 Å². The molecule has 0 unspecified atom stereocenters. The first-order valence-corrected chi connectivity index (χ1v) is 0.921. The maximum atomic E-state index is 7.51. The van der Waals surface area contributed by atoms with E-state index in [1.807, 2.05) is 0 Å². The Hall–Kier alpha value is -0.601. The molecule has 0 bridgehead atoms. The van der Waals surface area contributed by atoms with Crippen LogP contribution in [0.15, 0.2) is 12.7 Å². The average Bonchev–Trinajstić information content (AvgIpc) is 1.37. The summed E-state index contributed by atoms with van der Waals surface area (Å²) in [6, 6.07) is 1.69. The van der Waals surface area contributed by atoms with E-state index in [1.165, 1.54) is 6.08 Å². The third-order valence-corrected chi connectivity index (χ3v) is 0.0913. The summed E-state index contributed by atoms with van der Waals surface area (Å²) in [5.74, 6) is 0. The SMILES string of the molecule is C=CC#N.[Be+2].[H-].[H-]. The van der Waals surface area contributed by atoms with Gasteiger partial charge in [-0.1, -0.05) is 6.58 Å². The van der Waals surface area contributed by atoms with Crippen LogP contribution in [-0.4, -0.2) is 10.1 Å². The molecule has 0 radical (unpaired) electrons. The molecule has 0 aromatic rings. The number of nitriles is 1. The summed E-state index contributed by atoms with van der Waals surface area (Å²) in [4.78, 5) is 0. The van der Waals surface area contributed by atoms with E-state index in [4.69, 9.17) is 5.26 Å². The molecule has 1 nitrogen and oxygen atoms in total. The van der Waals surface area contributed by atoms with Crippen LogP contribution < -0.4 is 0 Å². The molecule has 0 aromatic heterocycles. The zero-order valence-electron chi connectivity index (χ0n) is 4.94. The van der Waals surface area contributed by atoms with Crippen LogP contribution in [0.5, 0.6) is 0 Å². The van der Waals surface area contributed by atoms with Gasteiger partial charge in [-0.25, -0.2) is 0 Å². The van der Waals surface area contributed by atoms with Crippen molar-refractivity contribution >= 4 is 10.1 Å². The van der Waals surface area contributed by atoms with Crippen LogP contribution in [0.1, 0.15) is 2.85 Å². The van der Waals surface area contributed by atoms with E-state index in [0.29, 0.717) is 0 Å². The first-order valence-electron chi connectivity index (χ1n) is 0.921. The van der Waals surface area contributed by atoms with Crippen LogP contribution in [0.25, 0.3) is 0 Å². The molecule has 0 aromatic carbocycles. The number of allylic oxidation sites excluding steroid dienone is 1. The zero-order valence-corrected chi connectivity index (χ0v) is 2.94. The molecule has 0 saturated carbocycles. The van der Waals surface area contributed by atoms with Crippen molar-refractivity contribution in [2.24, 2.45) is 0 Å². The van der Waals surface area contributed by atoms with E-state index >= 15 is 0 Å². The van der Waals surface area contributed by atoms with Crippen molar-refractivity contribution < 1.29 is 2.85 Å². The first kappa shape index (κ1) is 8.83. The second kappa shape index (κ2) is 10.00. The molecule has 0 aliphatic rings. The Morgan fingerprint density at radius 2 is 2.20 bits per heavy atom. The molecule has 0 saturated heterocycles. The standard InChI is InChI=1S/C3H3N.Be.2H/c1-2-3-4;;;/h2H,1H2;;;/q;+2;2*-1. The van der Waals surface area contributed by atoms with Gasteiger partial charge in [-0.2, -0.15) is 5.26 Å². The Bertz CT molecular complexity index is 58.4. The van der Waals surface area contributed by atoms with Gasteiger partial charge >= 0.3 is 10.1 Å². The number of rotatable bonds is 0. The van der Waals surface area contributed by atoms with E-state index in [0.717, 1.165) is 0 Å². The molecule has 0 fully saturated rings. The second-order valence-corrected chi connectivity index (χ2v) is 0.333. The Balaban J connectivity index is -0.0000000150. The molecule has 5 heavy (non-hydrogen) atoms. The van der Waals surface area contributed by atoms with Crippen molar-refractivity contribution in [2.45, 2.75) is 0 Å². The van der Waals surface area contributed by atoms with Gasteiger partial charge < -0.3 is 2.85 Å². The minimum absolute atomic E-state index is 0. The van der Waals surface area contributed by atoms with E-state index in [-0.39, 0.29) is 13.0 Å². The van der Waals surface area contributed by atoms with Crippen molar-refractivity contribution in [1.82, 2.24) is 0 Å². The molecule has 0 N–H and O–H groups in total. The second-order valence-electron chi connectivity index (χ2n) is 0.333. The fraction of sp³-hybridized carbons (Fsp3) is 0. The maximum absolute atomic E-state index is 7.51. The average molecular weight is 64.1 g/mol. The van der Waals surface area contributed by atoms with Gasteiger partial charge in [0.25, 0.3) is 0 Å². The van der Waals surface area contributed by atoms with Gasteiger partial charge in [0, 0.05) is 6.08 Å². The molecular weight excluding hydrogens is 59.1 g/mol. The zero-order chi connectivity index (χ0) is 3.41. The molecule has 0 spiro atoms. The fourth-order valence-corrected chi connectivity index (χ4v) is 0. The van der Waals surface area contributed by atoms with Crippen LogP contribution in [0.3, 0.4) is 0 Å². The van der Waals surface area contributed by atoms with Gasteiger partial charge in [0.15, 0.2) is 0 Å². The summed E-state index contributed by atoms with van der Waals surface area (Å²) >= 11 is 0. The molecular formula is C3H5BeN. The van der Waals surface area contributed by atoms with Gasteiger partial charge in [-0.3, -0.25) is 0 Å². The summed E-state index contributed by atoms with van der Waals surface area (Å²) in [5, 5.41) is 7.51. The smallest absolute Gasteiger partial charge is 1.00 e. The van der Waals surface area contributed by atoms with Crippen LogP contribution in [0, 0.1) is 11.3 Å². The van der Waals surface area contributed by atoms with Crippen molar-refractivity contribution in [3.05, 3.63) is 12.7 Å². The molecule has 0 rings (SSSR count). The third-order valence-electron chi connectivity index (χ3n) is 0.0913. The predicted molar refractivity (Wildman–Crippen MR) is 23.8 cm³/mol. The summed E-state index contributed by atoms with van der Waals surface area (Å²) in [6.45, 7) is 3.12. The maximum Gasteiger partial charge on any atom is 2.00 e. The Labute approximate surface area is 38.1 Å². The minimum Gasteiger partial charge on any atom is -1.00 e. The van der Waals surface area contributed by atoms with Crippen LogP contribution in [0.4, 0.5) is 0 Å². The number of nitrogens with zero attached hydrogens (tertiary/aromatic N) is 1. The fourth-order valence-electron chi connectivity index (χ4n) is 0. The van der Waals surface area contributed by atoms with Crippen molar-refractivity contribution in [3.8, 4) is 6.07 Å². The van der Waals surface area contributed by atoms with Gasteiger partial charge in [0.05, 0.1) is 6.07 Å². The van der Waals surface area contributed by atoms with Gasteiger partial charge in [0.1, 0.15) is 0 Å². The molecule has 2 heteroatoms. The normalized spacial score (nSPS) is 3.00. The predicted octanol–water partition coefficient (Wildman–Crippen LogP) is 0.540. The van der Waals surface area contributed by atoms with Crippen molar-refractivity contribution in [3.63, 3.8) is 0 Å². The monoisotopic (exact) mass is 64.1 g/mol. The molecule has 0 heterocycles.